The van der Waals surface area contributed by atoms with Crippen LogP contribution < -0.4 is 0 Å². The maximum atomic E-state index is 12.3. The number of hydrogen-bond donors (Lipinski definition) is 0. The van der Waals surface area contributed by atoms with Crippen LogP contribution in [0.2, 0.25) is 0 Å². The number of amides is 1. The van der Waals surface area contributed by atoms with Crippen molar-refractivity contribution >= 4 is 5.91 Å². The molecule has 3 nitrogen and oxygen atoms in total. The molecule has 0 aliphatic carbocycles. The van der Waals surface area contributed by atoms with Crippen LogP contribution in [0.1, 0.15) is 17.5 Å². The van der Waals surface area contributed by atoms with Gasteiger partial charge in [0.15, 0.2) is 0 Å². The third kappa shape index (κ3) is 4.12. The first kappa shape index (κ1) is 16.5. The van der Waals surface area contributed by atoms with Gasteiger partial charge in [0.25, 0.3) is 0 Å². The summed E-state index contributed by atoms with van der Waals surface area (Å²) in [4.78, 5) is 14.2. The van der Waals surface area contributed by atoms with Gasteiger partial charge in [-0.05, 0) is 24.0 Å². The maximum Gasteiger partial charge on any atom is 0.249 e. The molecule has 0 N–H and O–H groups in total. The summed E-state index contributed by atoms with van der Waals surface area (Å²) in [6, 6.07) is 20.7. The summed E-state index contributed by atoms with van der Waals surface area (Å²) < 4.78 is 5.56. The zero-order chi connectivity index (χ0) is 16.8. The zero-order valence-electron chi connectivity index (χ0n) is 13.8. The van der Waals surface area contributed by atoms with Crippen LogP contribution in [0.5, 0.6) is 0 Å². The number of hydrogen-bond acceptors (Lipinski definition) is 2. The Morgan fingerprint density at radius 3 is 2.29 bits per heavy atom. The Kier molecular flexibility index (Phi) is 5.44. The number of benzene rings is 2. The van der Waals surface area contributed by atoms with E-state index in [2.05, 4.69) is 18.7 Å². The molecule has 1 saturated heterocycles. The average molecular weight is 321 g/mol. The lowest BCUT2D eigenvalue weighted by Gasteiger charge is -2.06. The molecule has 0 radical (unpaired) electrons. The van der Waals surface area contributed by atoms with Crippen LogP contribution in [-0.2, 0) is 22.6 Å². The molecule has 1 aliphatic heterocycles. The number of carbonyl (C=O) groups excluding carboxylic acids is 1. The highest BCUT2D eigenvalue weighted by Crippen LogP contribution is 2.33. The lowest BCUT2D eigenvalue weighted by Crippen LogP contribution is -2.20. The van der Waals surface area contributed by atoms with Crippen LogP contribution in [0.3, 0.4) is 0 Å². The molecule has 1 amide bonds. The molecular formula is C21H23NO2. The van der Waals surface area contributed by atoms with Crippen molar-refractivity contribution in [3.63, 3.8) is 0 Å². The summed E-state index contributed by atoms with van der Waals surface area (Å²) >= 11 is 0. The topological polar surface area (TPSA) is 29.3 Å². The van der Waals surface area contributed by atoms with E-state index in [-0.39, 0.29) is 24.6 Å². The van der Waals surface area contributed by atoms with E-state index in [0.717, 1.165) is 18.4 Å². The predicted molar refractivity (Wildman–Crippen MR) is 95.5 cm³/mol. The third-order valence-corrected chi connectivity index (χ3v) is 4.42. The van der Waals surface area contributed by atoms with Crippen molar-refractivity contribution in [3.8, 4) is 0 Å². The van der Waals surface area contributed by atoms with Gasteiger partial charge < -0.3 is 9.64 Å². The molecule has 1 aliphatic rings. The van der Waals surface area contributed by atoms with Crippen molar-refractivity contribution in [2.75, 3.05) is 6.61 Å². The normalized spacial score (nSPS) is 19.1. The van der Waals surface area contributed by atoms with Gasteiger partial charge in [-0.15, -0.1) is 6.58 Å². The molecule has 3 rings (SSSR count). The number of rotatable bonds is 8. The molecule has 0 saturated carbocycles. The molecule has 2 aromatic rings. The van der Waals surface area contributed by atoms with E-state index in [1.807, 2.05) is 59.5 Å². The Balaban J connectivity index is 1.45. The van der Waals surface area contributed by atoms with Gasteiger partial charge in [-0.2, -0.15) is 0 Å². The SMILES string of the molecule is C=C[C@@H]1[C@@H](CCc2ccccc2)N1C(=O)COCc1ccccc1. The smallest absolute Gasteiger partial charge is 0.249 e. The highest BCUT2D eigenvalue weighted by Gasteiger charge is 2.47. The molecule has 3 heteroatoms. The van der Waals surface area contributed by atoms with Gasteiger partial charge in [0.2, 0.25) is 5.91 Å². The standard InChI is InChI=1S/C21H23NO2/c1-2-19-20(14-13-17-9-5-3-6-10-17)22(19)21(23)16-24-15-18-11-7-4-8-12-18/h2-12,19-20H,1,13-16H2/t19-,20-,22?/m1/s1. The fourth-order valence-corrected chi connectivity index (χ4v) is 3.10. The van der Waals surface area contributed by atoms with Gasteiger partial charge >= 0.3 is 0 Å². The lowest BCUT2D eigenvalue weighted by atomic mass is 10.1. The average Bonchev–Trinajstić information content (AvgIpc) is 3.35. The lowest BCUT2D eigenvalue weighted by molar-refractivity contribution is -0.131. The molecule has 1 fully saturated rings. The molecule has 124 valence electrons. The number of ether oxygens (including phenoxy) is 1. The first-order valence-corrected chi connectivity index (χ1v) is 8.39. The van der Waals surface area contributed by atoms with Gasteiger partial charge in [0, 0.05) is 0 Å². The van der Waals surface area contributed by atoms with Gasteiger partial charge in [0.05, 0.1) is 18.7 Å². The summed E-state index contributed by atoms with van der Waals surface area (Å²) in [7, 11) is 0. The second-order valence-electron chi connectivity index (χ2n) is 6.10. The summed E-state index contributed by atoms with van der Waals surface area (Å²) in [6.45, 7) is 4.45. The number of nitrogens with zero attached hydrogens (tertiary/aromatic N) is 1. The van der Waals surface area contributed by atoms with Crippen LogP contribution >= 0.6 is 0 Å². The van der Waals surface area contributed by atoms with E-state index in [9.17, 15) is 4.79 Å². The van der Waals surface area contributed by atoms with Gasteiger partial charge in [-0.1, -0.05) is 66.7 Å². The van der Waals surface area contributed by atoms with Crippen LogP contribution in [0.15, 0.2) is 73.3 Å². The molecule has 0 unspecified atom stereocenters. The van der Waals surface area contributed by atoms with E-state index in [1.54, 1.807) is 0 Å². The monoisotopic (exact) mass is 321 g/mol. The molecule has 0 spiro atoms. The Labute approximate surface area is 143 Å². The fourth-order valence-electron chi connectivity index (χ4n) is 3.10. The van der Waals surface area contributed by atoms with E-state index in [4.69, 9.17) is 4.74 Å². The number of aryl methyl sites for hydroxylation is 1. The van der Waals surface area contributed by atoms with E-state index in [0.29, 0.717) is 6.61 Å². The fraction of sp³-hybridized carbons (Fsp3) is 0.286. The Morgan fingerprint density at radius 1 is 1.04 bits per heavy atom. The molecule has 2 aromatic carbocycles. The van der Waals surface area contributed by atoms with Gasteiger partial charge in [-0.25, -0.2) is 0 Å². The highest BCUT2D eigenvalue weighted by atomic mass is 16.5. The van der Waals surface area contributed by atoms with Gasteiger partial charge in [0.1, 0.15) is 6.61 Å². The van der Waals surface area contributed by atoms with Crippen LogP contribution in [0.25, 0.3) is 0 Å². The summed E-state index contributed by atoms with van der Waals surface area (Å²) in [5, 5.41) is 0. The Hall–Kier alpha value is -2.39. The minimum absolute atomic E-state index is 0.0499. The Bertz CT molecular complexity index is 669. The molecule has 0 bridgehead atoms. The van der Waals surface area contributed by atoms with Crippen molar-refractivity contribution < 1.29 is 9.53 Å². The van der Waals surface area contributed by atoms with E-state index in [1.165, 1.54) is 5.56 Å². The number of carbonyl (C=O) groups is 1. The summed E-state index contributed by atoms with van der Waals surface area (Å²) in [5.41, 5.74) is 2.39. The first-order chi connectivity index (χ1) is 11.8. The van der Waals surface area contributed by atoms with Gasteiger partial charge in [-0.3, -0.25) is 4.79 Å². The molecule has 0 aromatic heterocycles. The summed E-state index contributed by atoms with van der Waals surface area (Å²) in [5.74, 6) is 0.0499. The second-order valence-corrected chi connectivity index (χ2v) is 6.10. The largest absolute Gasteiger partial charge is 0.367 e. The predicted octanol–water partition coefficient (Wildman–Crippen LogP) is 3.60. The maximum absolute atomic E-state index is 12.3. The zero-order valence-corrected chi connectivity index (χ0v) is 13.8. The molecule has 1 heterocycles. The molecule has 24 heavy (non-hydrogen) atoms. The van der Waals surface area contributed by atoms with Crippen LogP contribution in [0.4, 0.5) is 0 Å². The van der Waals surface area contributed by atoms with Crippen molar-refractivity contribution in [2.24, 2.45) is 0 Å². The third-order valence-electron chi connectivity index (χ3n) is 4.42. The van der Waals surface area contributed by atoms with Crippen LogP contribution in [0, 0.1) is 0 Å². The van der Waals surface area contributed by atoms with Crippen molar-refractivity contribution in [2.45, 2.75) is 31.5 Å². The second kappa shape index (κ2) is 7.93. The minimum atomic E-state index is 0.0499. The van der Waals surface area contributed by atoms with E-state index < -0.39 is 0 Å². The van der Waals surface area contributed by atoms with Crippen molar-refractivity contribution in [1.29, 1.82) is 0 Å². The minimum Gasteiger partial charge on any atom is -0.367 e. The van der Waals surface area contributed by atoms with Crippen LogP contribution in [-0.4, -0.2) is 29.5 Å². The summed E-state index contributed by atoms with van der Waals surface area (Å²) in [6.07, 6.45) is 3.81. The quantitative estimate of drug-likeness (QED) is 0.549. The molecule has 2 atom stereocenters. The highest BCUT2D eigenvalue weighted by molar-refractivity contribution is 5.81. The van der Waals surface area contributed by atoms with E-state index >= 15 is 0 Å². The Morgan fingerprint density at radius 2 is 1.67 bits per heavy atom. The first-order valence-electron chi connectivity index (χ1n) is 8.39. The van der Waals surface area contributed by atoms with Crippen molar-refractivity contribution in [1.82, 2.24) is 4.90 Å². The molecular weight excluding hydrogens is 298 g/mol. The van der Waals surface area contributed by atoms with Crippen molar-refractivity contribution in [3.05, 3.63) is 84.4 Å².